The molecule has 0 saturated carbocycles. The van der Waals surface area contributed by atoms with Gasteiger partial charge in [0.1, 0.15) is 17.3 Å². The largest absolute Gasteiger partial charge is 2.00 e. The Labute approximate surface area is 800 Å². The molecule has 0 atom stereocenters. The molecule has 0 unspecified atom stereocenters. The van der Waals surface area contributed by atoms with Gasteiger partial charge in [-0.15, -0.1) is 83.7 Å². The molecule has 0 radical (unpaired) electrons. The van der Waals surface area contributed by atoms with Gasteiger partial charge in [0.25, 0.3) is 0 Å². The smallest absolute Gasteiger partial charge is 0.319 e. The van der Waals surface area contributed by atoms with Crippen LogP contribution in [0.5, 0.6) is 0 Å². The molecule has 16 heteroatoms. The molecule has 0 bridgehead atoms. The van der Waals surface area contributed by atoms with Crippen molar-refractivity contribution in [3.05, 3.63) is 497 Å². The molecule has 0 amide bonds. The maximum absolute atomic E-state index is 6.69. The molecular formula is C114H79ClN12Pt3. The molecule has 23 rings (SSSR count). The average Bonchev–Trinajstić information content (AvgIpc) is 1.59. The van der Waals surface area contributed by atoms with Gasteiger partial charge in [-0.25, -0.2) is 21.0 Å². The van der Waals surface area contributed by atoms with Crippen LogP contribution in [-0.4, -0.2) is 53.4 Å². The van der Waals surface area contributed by atoms with Crippen molar-refractivity contribution in [1.29, 1.82) is 0 Å². The summed E-state index contributed by atoms with van der Waals surface area (Å²) in [4.78, 5) is 16.3. The van der Waals surface area contributed by atoms with Crippen LogP contribution in [0.15, 0.2) is 444 Å². The van der Waals surface area contributed by atoms with Crippen LogP contribution in [0.4, 0.5) is 17.2 Å². The van der Waals surface area contributed by atoms with Crippen LogP contribution in [-0.2, 0) is 73.7 Å². The summed E-state index contributed by atoms with van der Waals surface area (Å²) < 4.78 is 10.0. The molecule has 8 aromatic heterocycles. The Hall–Kier alpha value is -14.8. The Bertz CT molecular complexity index is 7450. The second-order valence-electron chi connectivity index (χ2n) is 30.1. The van der Waals surface area contributed by atoms with Gasteiger partial charge < -0.3 is 20.5 Å². The third-order valence-corrected chi connectivity index (χ3v) is 22.2. The minimum absolute atomic E-state index is 0. The molecule has 130 heavy (non-hydrogen) atoms. The van der Waals surface area contributed by atoms with E-state index in [4.69, 9.17) is 23.0 Å². The third kappa shape index (κ3) is 20.0. The second kappa shape index (κ2) is 42.7. The fourth-order valence-corrected chi connectivity index (χ4v) is 15.9. The van der Waals surface area contributed by atoms with Crippen LogP contribution in [0.3, 0.4) is 0 Å². The number of aromatic nitrogens is 11. The van der Waals surface area contributed by atoms with Gasteiger partial charge in [-0.2, -0.15) is 39.1 Å². The molecule has 1 aliphatic rings. The third-order valence-electron chi connectivity index (χ3n) is 22.2. The van der Waals surface area contributed by atoms with Crippen LogP contribution in [0.2, 0.25) is 0 Å². The summed E-state index contributed by atoms with van der Waals surface area (Å²) in [6, 6.07) is 143. The minimum Gasteiger partial charge on any atom is -0.319 e. The molecule has 632 valence electrons. The van der Waals surface area contributed by atoms with Crippen LogP contribution in [0.25, 0.3) is 145 Å². The number of halogens is 1. The van der Waals surface area contributed by atoms with Crippen molar-refractivity contribution in [3.63, 3.8) is 0 Å². The first-order valence-electron chi connectivity index (χ1n) is 41.8. The summed E-state index contributed by atoms with van der Waals surface area (Å²) in [5, 5.41) is 18.6. The Morgan fingerprint density at radius 3 is 1.22 bits per heavy atom. The van der Waals surface area contributed by atoms with Crippen molar-refractivity contribution < 1.29 is 60.9 Å². The quantitative estimate of drug-likeness (QED) is 0.0836. The molecule has 9 heterocycles. The number of benzene rings is 14. The molecule has 0 aliphatic carbocycles. The van der Waals surface area contributed by atoms with Gasteiger partial charge in [0, 0.05) is 75.8 Å². The summed E-state index contributed by atoms with van der Waals surface area (Å²) in [6.07, 6.45) is 27.6. The number of pyridine rings is 3. The fraction of sp³-hybridized carbons (Fsp3) is 0.0175. The fourth-order valence-electron chi connectivity index (χ4n) is 15.9. The van der Waals surface area contributed by atoms with Gasteiger partial charge in [-0.05, 0) is 145 Å². The SMILES string of the molecule is [C-]#Cc1ccccc1.[CH-]=Cc1ccccc1.[Cl][Pt+].[Pt+2].[Pt+2].[c-]1c(-n2cc(-c3ccc(-c4ccccc4)cc3)cn2)ccc2c3ccccc3n(-c3ccccn3)c12.[c-]1c(-n2cc(-c3ccc(-c4ccccc4)cc3)cn2)cccc1-n1c2ccccc2c2cccnc21.[c-]1c(N2c3ccccc3CCc3cccnc32)cccc1-n1cc(-c2ccc(-c3ccccc3)cc2)cn1. The molecule has 0 fully saturated rings. The molecular weight excluding hydrogens is 2160 g/mol. The number of anilines is 3. The van der Waals surface area contributed by atoms with E-state index in [1.807, 2.05) is 179 Å². The van der Waals surface area contributed by atoms with Gasteiger partial charge in [-0.1, -0.05) is 284 Å². The summed E-state index contributed by atoms with van der Waals surface area (Å²) >= 11 is 1.61. The summed E-state index contributed by atoms with van der Waals surface area (Å²) in [6.45, 7) is 5.22. The monoisotopic (exact) mass is 2240 g/mol. The maximum atomic E-state index is 6.69. The normalized spacial score (nSPS) is 11.0. The van der Waals surface area contributed by atoms with E-state index in [-0.39, 0.29) is 42.1 Å². The molecule has 1 aliphatic heterocycles. The molecule has 12 nitrogen and oxygen atoms in total. The number of rotatable bonds is 13. The van der Waals surface area contributed by atoms with Crippen molar-refractivity contribution >= 4 is 76.4 Å². The van der Waals surface area contributed by atoms with Gasteiger partial charge in [0.15, 0.2) is 0 Å². The Balaban J connectivity index is 0.000000129. The first-order valence-corrected chi connectivity index (χ1v) is 44.6. The molecule has 22 aromatic rings. The Morgan fingerprint density at radius 1 is 0.323 bits per heavy atom. The van der Waals surface area contributed by atoms with E-state index in [1.54, 1.807) is 24.8 Å². The second-order valence-corrected chi connectivity index (χ2v) is 30.1. The zero-order chi connectivity index (χ0) is 86.8. The first-order chi connectivity index (χ1) is 63.4. The van der Waals surface area contributed by atoms with E-state index in [1.165, 1.54) is 55.3 Å². The van der Waals surface area contributed by atoms with Gasteiger partial charge in [0.05, 0.1) is 24.1 Å². The number of hydrogen-bond acceptors (Lipinski definition) is 7. The Morgan fingerprint density at radius 2 is 0.715 bits per heavy atom. The number of nitrogens with zero attached hydrogens (tertiary/aromatic N) is 12. The van der Waals surface area contributed by atoms with Crippen molar-refractivity contribution in [2.45, 2.75) is 12.8 Å². The number of hydrogen-bond donors (Lipinski definition) is 0. The number of para-hydroxylation sites is 3. The van der Waals surface area contributed by atoms with Crippen molar-refractivity contribution in [3.8, 4) is 101 Å². The summed E-state index contributed by atoms with van der Waals surface area (Å²) in [5.74, 6) is 4.11. The Kier molecular flexibility index (Phi) is 29.1. The van der Waals surface area contributed by atoms with E-state index in [0.717, 1.165) is 136 Å². The van der Waals surface area contributed by atoms with Crippen LogP contribution >= 0.6 is 9.42 Å². The van der Waals surface area contributed by atoms with E-state index in [9.17, 15) is 0 Å². The molecule has 0 saturated heterocycles. The van der Waals surface area contributed by atoms with Crippen molar-refractivity contribution in [2.24, 2.45) is 0 Å². The van der Waals surface area contributed by atoms with Crippen molar-refractivity contribution in [2.75, 3.05) is 4.90 Å². The van der Waals surface area contributed by atoms with E-state index < -0.39 is 0 Å². The van der Waals surface area contributed by atoms with Crippen LogP contribution in [0, 0.1) is 37.1 Å². The number of aryl methyl sites for hydroxylation is 2. The molecule has 0 N–H and O–H groups in total. The van der Waals surface area contributed by atoms with Crippen LogP contribution < -0.4 is 4.90 Å². The van der Waals surface area contributed by atoms with Gasteiger partial charge in [0.2, 0.25) is 0 Å². The van der Waals surface area contributed by atoms with Gasteiger partial charge in [-0.3, -0.25) is 26.5 Å². The topological polar surface area (TPSA) is 105 Å². The van der Waals surface area contributed by atoms with E-state index in [2.05, 4.69) is 347 Å². The standard InChI is InChI=1S/C34H25N4.2C32H21N4.C8H7.C8H5.ClH.3Pt/c1-2-8-25(9-3-1)26-15-17-27(18-16-26)30-23-36-37(24-30)31-12-6-13-32(22-31)38-33-14-5-4-10-28(33)19-20-29-11-7-21-35-34(29)38;1-2-8-23(9-3-1)24-15-17-25(18-16-24)26-21-34-35(22-26)27-10-6-11-28(20-27)36-31-14-5-4-12-29(31)30-13-7-19-33-32(30)36;1-2-8-23(9-3-1)24-13-15-25(16-14-24)26-21-34-35(22-26)27-17-18-29-28-10-4-5-11-30(28)36(31(29)20-27)32-12-6-7-19-33-32;2*1-2-8-6-4-3-5-7-8;;;;/h1-18,21,23-24H,19-20H2;2*1-19,21-22H;1-7H;3-7H;1H;;;/q5*-1;;3*+2/p-1. The van der Waals surface area contributed by atoms with Crippen molar-refractivity contribution in [1.82, 2.24) is 53.4 Å². The zero-order valence-corrected chi connectivity index (χ0v) is 77.5. The summed E-state index contributed by atoms with van der Waals surface area (Å²) in [5.41, 5.74) is 28.1. The van der Waals surface area contributed by atoms with E-state index in [0.29, 0.717) is 0 Å². The predicted octanol–water partition coefficient (Wildman–Crippen LogP) is 27.4. The minimum atomic E-state index is 0. The van der Waals surface area contributed by atoms with Crippen LogP contribution in [0.1, 0.15) is 22.3 Å². The number of fused-ring (bicyclic) bond motifs is 8. The van der Waals surface area contributed by atoms with Gasteiger partial charge >= 0.3 is 70.3 Å². The molecule has 0 spiro atoms. The zero-order valence-electron chi connectivity index (χ0n) is 69.9. The summed E-state index contributed by atoms with van der Waals surface area (Å²) in [7, 11) is 4.61. The molecule has 14 aromatic carbocycles. The first kappa shape index (κ1) is 88.6. The predicted molar refractivity (Wildman–Crippen MR) is 518 cm³/mol. The maximum Gasteiger partial charge on any atom is 2.00 e. The van der Waals surface area contributed by atoms with E-state index >= 15 is 0 Å². The average molecular weight is 2240 g/mol.